The number of nitrogens with one attached hydrogen (secondary N) is 1. The summed E-state index contributed by atoms with van der Waals surface area (Å²) in [4.78, 5) is 23.7. The number of amides is 1. The average molecular weight is 486 g/mol. The molecule has 11 heteroatoms. The topological polar surface area (TPSA) is 126 Å². The van der Waals surface area contributed by atoms with Gasteiger partial charge in [0.25, 0.3) is 15.9 Å². The number of esters is 1. The van der Waals surface area contributed by atoms with Gasteiger partial charge in [-0.2, -0.15) is 5.26 Å². The Bertz CT molecular complexity index is 1250. The molecule has 0 aliphatic rings. The minimum absolute atomic E-state index is 0.233. The Morgan fingerprint density at radius 2 is 1.76 bits per heavy atom. The molecule has 2 aromatic carbocycles. The Kier molecular flexibility index (Phi) is 7.66. The fourth-order valence-corrected chi connectivity index (χ4v) is 4.95. The van der Waals surface area contributed by atoms with Crippen molar-refractivity contribution in [2.24, 2.45) is 0 Å². The summed E-state index contributed by atoms with van der Waals surface area (Å²) in [6.45, 7) is -0.917. The molecule has 0 radical (unpaired) electrons. The van der Waals surface area contributed by atoms with Crippen LogP contribution in [-0.4, -0.2) is 40.6 Å². The number of benzene rings is 2. The van der Waals surface area contributed by atoms with E-state index in [1.807, 2.05) is 6.07 Å². The van der Waals surface area contributed by atoms with E-state index in [2.05, 4.69) is 5.32 Å². The largest absolute Gasteiger partial charge is 0.482 e. The van der Waals surface area contributed by atoms with Gasteiger partial charge >= 0.3 is 5.97 Å². The van der Waals surface area contributed by atoms with Gasteiger partial charge in [-0.3, -0.25) is 9.10 Å². The molecule has 0 bridgehead atoms. The summed E-state index contributed by atoms with van der Waals surface area (Å²) in [5.74, 6) is -0.946. The third-order valence-electron chi connectivity index (χ3n) is 4.33. The molecule has 0 aliphatic carbocycles. The first-order chi connectivity index (χ1) is 15.8. The second-order valence-electron chi connectivity index (χ2n) is 6.59. The van der Waals surface area contributed by atoms with E-state index in [4.69, 9.17) is 14.7 Å². The maximum absolute atomic E-state index is 12.6. The van der Waals surface area contributed by atoms with Gasteiger partial charge in [0.1, 0.15) is 9.96 Å². The molecule has 0 fully saturated rings. The van der Waals surface area contributed by atoms with E-state index in [0.29, 0.717) is 22.7 Å². The Hall–Kier alpha value is -3.88. The standard InChI is InChI=1S/C22H19N3O6S2/c1-25(33(28,29)22-3-2-12-32-22)18-8-10-19(11-9-18)30-15-21(27)31-14-20(26)24-17-6-4-16(13-23)5-7-17/h2-12H,14-15H2,1H3,(H,24,26). The van der Waals surface area contributed by atoms with Crippen molar-refractivity contribution in [2.45, 2.75) is 4.21 Å². The Labute approximate surface area is 194 Å². The summed E-state index contributed by atoms with van der Waals surface area (Å²) in [6, 6.07) is 17.6. The zero-order valence-corrected chi connectivity index (χ0v) is 19.1. The van der Waals surface area contributed by atoms with Crippen LogP contribution in [0, 0.1) is 11.3 Å². The first-order valence-electron chi connectivity index (χ1n) is 9.50. The van der Waals surface area contributed by atoms with Crippen molar-refractivity contribution in [1.29, 1.82) is 5.26 Å². The molecule has 170 valence electrons. The number of anilines is 2. The average Bonchev–Trinajstić information content (AvgIpc) is 3.38. The summed E-state index contributed by atoms with van der Waals surface area (Å²) < 4.78 is 36.7. The quantitative estimate of drug-likeness (QED) is 0.462. The van der Waals surface area contributed by atoms with Crippen molar-refractivity contribution >= 4 is 44.6 Å². The molecule has 0 saturated heterocycles. The minimum Gasteiger partial charge on any atom is -0.482 e. The molecule has 0 saturated carbocycles. The molecule has 1 N–H and O–H groups in total. The van der Waals surface area contributed by atoms with Crippen LogP contribution in [0.3, 0.4) is 0 Å². The van der Waals surface area contributed by atoms with Gasteiger partial charge in [-0.05, 0) is 60.0 Å². The number of ether oxygens (including phenoxy) is 2. The van der Waals surface area contributed by atoms with E-state index >= 15 is 0 Å². The van der Waals surface area contributed by atoms with Crippen molar-refractivity contribution in [3.8, 4) is 11.8 Å². The smallest absolute Gasteiger partial charge is 0.344 e. The number of hydrogen-bond acceptors (Lipinski definition) is 8. The lowest BCUT2D eigenvalue weighted by molar-refractivity contribution is -0.149. The maximum atomic E-state index is 12.6. The molecule has 0 aliphatic heterocycles. The summed E-state index contributed by atoms with van der Waals surface area (Å²) in [6.07, 6.45) is 0. The van der Waals surface area contributed by atoms with E-state index in [1.54, 1.807) is 47.8 Å². The van der Waals surface area contributed by atoms with Crippen molar-refractivity contribution in [3.63, 3.8) is 0 Å². The third kappa shape index (κ3) is 6.31. The molecule has 0 unspecified atom stereocenters. The molecule has 0 atom stereocenters. The van der Waals surface area contributed by atoms with Crippen LogP contribution < -0.4 is 14.4 Å². The fourth-order valence-electron chi connectivity index (χ4n) is 2.59. The number of carbonyl (C=O) groups is 2. The molecule has 3 rings (SSSR count). The zero-order chi connectivity index (χ0) is 23.8. The van der Waals surface area contributed by atoms with Gasteiger partial charge in [-0.1, -0.05) is 6.07 Å². The lowest BCUT2D eigenvalue weighted by atomic mass is 10.2. The highest BCUT2D eigenvalue weighted by Gasteiger charge is 2.22. The molecule has 1 heterocycles. The second-order valence-corrected chi connectivity index (χ2v) is 9.73. The number of rotatable bonds is 9. The van der Waals surface area contributed by atoms with Crippen LogP contribution in [0.1, 0.15) is 5.56 Å². The van der Waals surface area contributed by atoms with Crippen molar-refractivity contribution < 1.29 is 27.5 Å². The van der Waals surface area contributed by atoms with Gasteiger partial charge in [-0.25, -0.2) is 13.2 Å². The van der Waals surface area contributed by atoms with Gasteiger partial charge in [0.05, 0.1) is 17.3 Å². The van der Waals surface area contributed by atoms with Crippen LogP contribution in [-0.2, 0) is 24.3 Å². The highest BCUT2D eigenvalue weighted by molar-refractivity contribution is 7.94. The van der Waals surface area contributed by atoms with Crippen LogP contribution in [0.15, 0.2) is 70.3 Å². The number of hydrogen-bond donors (Lipinski definition) is 1. The van der Waals surface area contributed by atoms with Gasteiger partial charge in [0.15, 0.2) is 13.2 Å². The monoisotopic (exact) mass is 485 g/mol. The molecular weight excluding hydrogens is 466 g/mol. The first kappa shape index (κ1) is 23.8. The minimum atomic E-state index is -3.64. The predicted octanol–water partition coefficient (Wildman–Crippen LogP) is 3.01. The molecule has 3 aromatic rings. The summed E-state index contributed by atoms with van der Waals surface area (Å²) in [5, 5.41) is 13.0. The Morgan fingerprint density at radius 1 is 1.06 bits per heavy atom. The molecule has 33 heavy (non-hydrogen) atoms. The van der Waals surface area contributed by atoms with E-state index in [0.717, 1.165) is 15.6 Å². The normalized spacial score (nSPS) is 10.7. The summed E-state index contributed by atoms with van der Waals surface area (Å²) in [7, 11) is -2.19. The van der Waals surface area contributed by atoms with E-state index < -0.39 is 35.1 Å². The van der Waals surface area contributed by atoms with Crippen molar-refractivity contribution in [2.75, 3.05) is 29.9 Å². The third-order valence-corrected chi connectivity index (χ3v) is 7.49. The fraction of sp³-hybridized carbons (Fsp3) is 0.136. The van der Waals surface area contributed by atoms with Crippen LogP contribution in [0.5, 0.6) is 5.75 Å². The van der Waals surface area contributed by atoms with E-state index in [1.165, 1.54) is 25.2 Å². The predicted molar refractivity (Wildman–Crippen MR) is 123 cm³/mol. The van der Waals surface area contributed by atoms with Crippen LogP contribution in [0.25, 0.3) is 0 Å². The van der Waals surface area contributed by atoms with Gasteiger partial charge in [0.2, 0.25) is 0 Å². The van der Waals surface area contributed by atoms with Crippen LogP contribution in [0.2, 0.25) is 0 Å². The lowest BCUT2D eigenvalue weighted by Gasteiger charge is -2.18. The number of nitriles is 1. The van der Waals surface area contributed by atoms with Crippen LogP contribution >= 0.6 is 11.3 Å². The Balaban J connectivity index is 1.45. The summed E-state index contributed by atoms with van der Waals surface area (Å²) >= 11 is 1.13. The van der Waals surface area contributed by atoms with Crippen molar-refractivity contribution in [3.05, 3.63) is 71.6 Å². The summed E-state index contributed by atoms with van der Waals surface area (Å²) in [5.41, 5.74) is 1.36. The SMILES string of the molecule is CN(c1ccc(OCC(=O)OCC(=O)Nc2ccc(C#N)cc2)cc1)S(=O)(=O)c1cccs1. The second kappa shape index (κ2) is 10.6. The van der Waals surface area contributed by atoms with E-state index in [-0.39, 0.29) is 4.21 Å². The highest BCUT2D eigenvalue weighted by atomic mass is 32.2. The highest BCUT2D eigenvalue weighted by Crippen LogP contribution is 2.26. The molecular formula is C22H19N3O6S2. The number of carbonyl (C=O) groups excluding carboxylic acids is 2. The number of thiophene rings is 1. The van der Waals surface area contributed by atoms with Crippen LogP contribution in [0.4, 0.5) is 11.4 Å². The number of nitrogens with zero attached hydrogens (tertiary/aromatic N) is 2. The molecule has 9 nitrogen and oxygen atoms in total. The number of sulfonamides is 1. The zero-order valence-electron chi connectivity index (χ0n) is 17.4. The van der Waals surface area contributed by atoms with Gasteiger partial charge in [-0.15, -0.1) is 11.3 Å². The maximum Gasteiger partial charge on any atom is 0.344 e. The van der Waals surface area contributed by atoms with Gasteiger partial charge in [0, 0.05) is 12.7 Å². The molecule has 0 spiro atoms. The first-order valence-corrected chi connectivity index (χ1v) is 11.8. The molecule has 1 aromatic heterocycles. The Morgan fingerprint density at radius 3 is 2.36 bits per heavy atom. The van der Waals surface area contributed by atoms with Gasteiger partial charge < -0.3 is 14.8 Å². The van der Waals surface area contributed by atoms with E-state index in [9.17, 15) is 18.0 Å². The molecule has 1 amide bonds. The van der Waals surface area contributed by atoms with Crippen molar-refractivity contribution in [1.82, 2.24) is 0 Å². The lowest BCUT2D eigenvalue weighted by Crippen LogP contribution is -2.25.